The molecule has 0 saturated carbocycles. The zero-order valence-electron chi connectivity index (χ0n) is 9.84. The number of aliphatic hydroxyl groups excluding tert-OH is 1. The average molecular weight is 262 g/mol. The fraction of sp³-hybridized carbons (Fsp3) is 0.500. The van der Waals surface area contributed by atoms with Crippen molar-refractivity contribution in [2.45, 2.75) is 38.3 Å². The Labute approximate surface area is 107 Å². The summed E-state index contributed by atoms with van der Waals surface area (Å²) in [6.07, 6.45) is 1.75. The van der Waals surface area contributed by atoms with Crippen molar-refractivity contribution in [3.05, 3.63) is 23.8 Å². The number of hydrogen-bond acceptors (Lipinski definition) is 4. The highest BCUT2D eigenvalue weighted by Gasteiger charge is 2.19. The van der Waals surface area contributed by atoms with Crippen LogP contribution in [0.2, 0.25) is 0 Å². The van der Waals surface area contributed by atoms with Crippen molar-refractivity contribution in [1.29, 1.82) is 0 Å². The first-order chi connectivity index (χ1) is 7.56. The Kier molecular flexibility index (Phi) is 6.95. The van der Waals surface area contributed by atoms with Gasteiger partial charge >= 0.3 is 0 Å². The Morgan fingerprint density at radius 3 is 2.53 bits per heavy atom. The lowest BCUT2D eigenvalue weighted by Gasteiger charge is -2.20. The van der Waals surface area contributed by atoms with Crippen LogP contribution in [-0.4, -0.2) is 21.4 Å². The van der Waals surface area contributed by atoms with Gasteiger partial charge < -0.3 is 21.1 Å². The van der Waals surface area contributed by atoms with Crippen molar-refractivity contribution < 1.29 is 15.3 Å². The summed E-state index contributed by atoms with van der Waals surface area (Å²) >= 11 is 0. The SMILES string of the molecule is CCCC[C@H](O)[C@H](N)c1cc(O)ccc1O.Cl. The Morgan fingerprint density at radius 2 is 1.94 bits per heavy atom. The number of halogens is 1. The smallest absolute Gasteiger partial charge is 0.120 e. The van der Waals surface area contributed by atoms with E-state index >= 15 is 0 Å². The number of benzene rings is 1. The predicted molar refractivity (Wildman–Crippen MR) is 69.5 cm³/mol. The molecule has 0 aliphatic heterocycles. The first-order valence-electron chi connectivity index (χ1n) is 5.51. The number of phenols is 2. The first kappa shape index (κ1) is 16.0. The first-order valence-corrected chi connectivity index (χ1v) is 5.51. The molecule has 0 fully saturated rings. The van der Waals surface area contributed by atoms with Gasteiger partial charge in [0.25, 0.3) is 0 Å². The third-order valence-electron chi connectivity index (χ3n) is 2.64. The summed E-state index contributed by atoms with van der Waals surface area (Å²) in [7, 11) is 0. The maximum absolute atomic E-state index is 9.80. The number of rotatable bonds is 5. The van der Waals surface area contributed by atoms with Crippen LogP contribution in [0.3, 0.4) is 0 Å². The van der Waals surface area contributed by atoms with Gasteiger partial charge in [-0.3, -0.25) is 0 Å². The molecular weight excluding hydrogens is 242 g/mol. The minimum absolute atomic E-state index is 0. The van der Waals surface area contributed by atoms with Crippen molar-refractivity contribution in [2.75, 3.05) is 0 Å². The number of hydrogen-bond donors (Lipinski definition) is 4. The van der Waals surface area contributed by atoms with Gasteiger partial charge in [-0.15, -0.1) is 12.4 Å². The van der Waals surface area contributed by atoms with E-state index in [1.165, 1.54) is 18.2 Å². The molecule has 1 rings (SSSR count). The number of unbranched alkanes of at least 4 members (excludes halogenated alkanes) is 1. The monoisotopic (exact) mass is 261 g/mol. The minimum Gasteiger partial charge on any atom is -0.508 e. The highest BCUT2D eigenvalue weighted by molar-refractivity contribution is 5.85. The second-order valence-corrected chi connectivity index (χ2v) is 3.98. The molecule has 0 saturated heterocycles. The molecule has 5 heteroatoms. The van der Waals surface area contributed by atoms with Crippen molar-refractivity contribution >= 4 is 12.4 Å². The topological polar surface area (TPSA) is 86.7 Å². The molecule has 0 heterocycles. The molecule has 0 aliphatic rings. The molecule has 0 radical (unpaired) electrons. The van der Waals surface area contributed by atoms with E-state index in [-0.39, 0.29) is 23.9 Å². The minimum atomic E-state index is -0.701. The van der Waals surface area contributed by atoms with Gasteiger partial charge in [0.1, 0.15) is 11.5 Å². The third kappa shape index (κ3) is 4.42. The van der Waals surface area contributed by atoms with Crippen LogP contribution in [0.4, 0.5) is 0 Å². The summed E-state index contributed by atoms with van der Waals surface area (Å²) in [4.78, 5) is 0. The van der Waals surface area contributed by atoms with Crippen LogP contribution in [0.1, 0.15) is 37.8 Å². The van der Waals surface area contributed by atoms with Crippen molar-refractivity contribution in [3.63, 3.8) is 0 Å². The van der Waals surface area contributed by atoms with Gasteiger partial charge in [0.05, 0.1) is 12.1 Å². The van der Waals surface area contributed by atoms with Gasteiger partial charge in [0.15, 0.2) is 0 Å². The molecule has 0 amide bonds. The fourth-order valence-electron chi connectivity index (χ4n) is 1.61. The lowest BCUT2D eigenvalue weighted by atomic mass is 9.97. The van der Waals surface area contributed by atoms with E-state index in [1.807, 2.05) is 6.92 Å². The zero-order chi connectivity index (χ0) is 12.1. The molecular formula is C12H20ClNO3. The molecule has 0 aromatic heterocycles. The summed E-state index contributed by atoms with van der Waals surface area (Å²) in [6.45, 7) is 2.03. The van der Waals surface area contributed by atoms with Crippen LogP contribution < -0.4 is 5.73 Å². The summed E-state index contributed by atoms with van der Waals surface area (Å²) < 4.78 is 0. The van der Waals surface area contributed by atoms with Gasteiger partial charge in [0, 0.05) is 5.56 Å². The van der Waals surface area contributed by atoms with Crippen LogP contribution in [-0.2, 0) is 0 Å². The number of nitrogens with two attached hydrogens (primary N) is 1. The number of phenolic OH excluding ortho intramolecular Hbond substituents is 2. The van der Waals surface area contributed by atoms with Gasteiger partial charge in [-0.2, -0.15) is 0 Å². The molecule has 0 unspecified atom stereocenters. The van der Waals surface area contributed by atoms with E-state index in [2.05, 4.69) is 0 Å². The van der Waals surface area contributed by atoms with E-state index in [9.17, 15) is 15.3 Å². The summed E-state index contributed by atoms with van der Waals surface area (Å²) in [6, 6.07) is 3.47. The van der Waals surface area contributed by atoms with Gasteiger partial charge in [-0.05, 0) is 24.6 Å². The molecule has 2 atom stereocenters. The Hall–Kier alpha value is -0.970. The number of aromatic hydroxyl groups is 2. The Morgan fingerprint density at radius 1 is 1.29 bits per heavy atom. The summed E-state index contributed by atoms with van der Waals surface area (Å²) in [5, 5.41) is 28.7. The van der Waals surface area contributed by atoms with E-state index in [0.29, 0.717) is 12.0 Å². The van der Waals surface area contributed by atoms with Crippen LogP contribution in [0.15, 0.2) is 18.2 Å². The van der Waals surface area contributed by atoms with Crippen molar-refractivity contribution in [3.8, 4) is 11.5 Å². The maximum atomic E-state index is 9.80. The summed E-state index contributed by atoms with van der Waals surface area (Å²) in [5.74, 6) is 0.0341. The molecule has 0 spiro atoms. The summed E-state index contributed by atoms with van der Waals surface area (Å²) in [5.41, 5.74) is 6.21. The number of aliphatic hydroxyl groups is 1. The van der Waals surface area contributed by atoms with Crippen LogP contribution in [0.5, 0.6) is 11.5 Å². The molecule has 0 aliphatic carbocycles. The third-order valence-corrected chi connectivity index (χ3v) is 2.64. The molecule has 5 N–H and O–H groups in total. The molecule has 0 bridgehead atoms. The fourth-order valence-corrected chi connectivity index (χ4v) is 1.61. The molecule has 4 nitrogen and oxygen atoms in total. The lowest BCUT2D eigenvalue weighted by molar-refractivity contribution is 0.131. The standard InChI is InChI=1S/C12H19NO3.ClH/c1-2-3-4-11(16)12(13)9-7-8(14)5-6-10(9)15;/h5-7,11-12,14-16H,2-4,13H2,1H3;1H/t11-,12+;/m0./s1. The van der Waals surface area contributed by atoms with E-state index in [0.717, 1.165) is 12.8 Å². The van der Waals surface area contributed by atoms with E-state index in [4.69, 9.17) is 5.73 Å². The van der Waals surface area contributed by atoms with Gasteiger partial charge in [-0.25, -0.2) is 0 Å². The highest BCUT2D eigenvalue weighted by atomic mass is 35.5. The normalized spacial score (nSPS) is 13.8. The second kappa shape index (κ2) is 7.37. The lowest BCUT2D eigenvalue weighted by Crippen LogP contribution is -2.26. The maximum Gasteiger partial charge on any atom is 0.120 e. The van der Waals surface area contributed by atoms with E-state index in [1.54, 1.807) is 0 Å². The quantitative estimate of drug-likeness (QED) is 0.611. The molecule has 1 aromatic rings. The van der Waals surface area contributed by atoms with Crippen LogP contribution in [0, 0.1) is 0 Å². The Bertz CT molecular complexity index is 347. The van der Waals surface area contributed by atoms with Gasteiger partial charge in [-0.1, -0.05) is 19.8 Å². The Balaban J connectivity index is 0.00000256. The largest absolute Gasteiger partial charge is 0.508 e. The van der Waals surface area contributed by atoms with Crippen LogP contribution >= 0.6 is 12.4 Å². The van der Waals surface area contributed by atoms with Gasteiger partial charge in [0.2, 0.25) is 0 Å². The zero-order valence-corrected chi connectivity index (χ0v) is 10.7. The second-order valence-electron chi connectivity index (χ2n) is 3.98. The predicted octanol–water partition coefficient (Wildman–Crippen LogP) is 2.07. The van der Waals surface area contributed by atoms with Crippen LogP contribution in [0.25, 0.3) is 0 Å². The molecule has 1 aromatic carbocycles. The highest BCUT2D eigenvalue weighted by Crippen LogP contribution is 2.29. The molecule has 17 heavy (non-hydrogen) atoms. The van der Waals surface area contributed by atoms with Crippen molar-refractivity contribution in [1.82, 2.24) is 0 Å². The molecule has 98 valence electrons. The average Bonchev–Trinajstić information content (AvgIpc) is 2.28. The van der Waals surface area contributed by atoms with E-state index < -0.39 is 12.1 Å². The van der Waals surface area contributed by atoms with Crippen molar-refractivity contribution in [2.24, 2.45) is 5.73 Å².